The summed E-state index contributed by atoms with van der Waals surface area (Å²) in [7, 11) is 1.95. The normalized spacial score (nSPS) is 19.0. The van der Waals surface area contributed by atoms with Crippen LogP contribution >= 0.6 is 0 Å². The number of hydrogen-bond acceptors (Lipinski definition) is 5. The van der Waals surface area contributed by atoms with Gasteiger partial charge in [-0.1, -0.05) is 0 Å². The van der Waals surface area contributed by atoms with E-state index < -0.39 is 5.60 Å². The average Bonchev–Trinajstić information content (AvgIpc) is 3.09. The van der Waals surface area contributed by atoms with Crippen molar-refractivity contribution in [2.75, 3.05) is 11.9 Å². The van der Waals surface area contributed by atoms with Crippen LogP contribution in [-0.4, -0.2) is 49.3 Å². The van der Waals surface area contributed by atoms with E-state index in [0.717, 1.165) is 29.2 Å². The number of rotatable bonds is 3. The van der Waals surface area contributed by atoms with Crippen LogP contribution in [0.4, 0.5) is 10.6 Å². The Morgan fingerprint density at radius 2 is 2.04 bits per heavy atom. The standard InChI is InChI=1S/C21H31N5O2/c1-14-15(16-12-25(7)13-22-16)8-9-18(23-14)24-17-10-11-26(21(17,5)6)19(27)28-20(2,3)4/h8-9,12-13,17H,10-11H2,1-7H3,(H,23,24)/t17-/m1/s1. The summed E-state index contributed by atoms with van der Waals surface area (Å²) in [5.74, 6) is 0.807. The Bertz CT molecular complexity index is 866. The summed E-state index contributed by atoms with van der Waals surface area (Å²) in [4.78, 5) is 23.5. The largest absolute Gasteiger partial charge is 0.444 e. The molecule has 0 aliphatic carbocycles. The summed E-state index contributed by atoms with van der Waals surface area (Å²) < 4.78 is 7.50. The second-order valence-corrected chi connectivity index (χ2v) is 9.03. The van der Waals surface area contributed by atoms with Gasteiger partial charge in [0.2, 0.25) is 0 Å². The number of amides is 1. The Morgan fingerprint density at radius 3 is 2.61 bits per heavy atom. The number of hydrogen-bond donors (Lipinski definition) is 1. The number of carbonyl (C=O) groups excluding carboxylic acids is 1. The number of likely N-dealkylation sites (tertiary alicyclic amines) is 1. The molecule has 1 saturated heterocycles. The molecule has 1 amide bonds. The Morgan fingerprint density at radius 1 is 1.32 bits per heavy atom. The third-order valence-electron chi connectivity index (χ3n) is 5.19. The molecule has 2 aromatic heterocycles. The SMILES string of the molecule is Cc1nc(N[C@@H]2CCN(C(=O)OC(C)(C)C)C2(C)C)ccc1-c1cn(C)cn1. The van der Waals surface area contributed by atoms with E-state index in [1.54, 1.807) is 6.33 Å². The highest BCUT2D eigenvalue weighted by atomic mass is 16.6. The second-order valence-electron chi connectivity index (χ2n) is 9.03. The van der Waals surface area contributed by atoms with Gasteiger partial charge in [-0.3, -0.25) is 0 Å². The van der Waals surface area contributed by atoms with Crippen LogP contribution in [0.1, 0.15) is 46.7 Å². The number of imidazole rings is 1. The van der Waals surface area contributed by atoms with Gasteiger partial charge in [0, 0.05) is 31.0 Å². The fraction of sp³-hybridized carbons (Fsp3) is 0.571. The minimum atomic E-state index is -0.501. The zero-order chi connectivity index (χ0) is 20.7. The molecule has 0 bridgehead atoms. The fourth-order valence-electron chi connectivity index (χ4n) is 3.62. The predicted octanol–water partition coefficient (Wildman–Crippen LogP) is 3.99. The van der Waals surface area contributed by atoms with Crippen LogP contribution in [0, 0.1) is 6.92 Å². The number of aryl methyl sites for hydroxylation is 2. The number of nitrogens with one attached hydrogen (secondary N) is 1. The Labute approximate surface area is 167 Å². The lowest BCUT2D eigenvalue weighted by Crippen LogP contribution is -2.51. The van der Waals surface area contributed by atoms with Crippen LogP contribution in [-0.2, 0) is 11.8 Å². The van der Waals surface area contributed by atoms with Crippen LogP contribution in [0.2, 0.25) is 0 Å². The minimum Gasteiger partial charge on any atom is -0.444 e. The van der Waals surface area contributed by atoms with Gasteiger partial charge in [0.15, 0.2) is 0 Å². The van der Waals surface area contributed by atoms with Crippen molar-refractivity contribution >= 4 is 11.9 Å². The van der Waals surface area contributed by atoms with Crippen molar-refractivity contribution in [1.29, 1.82) is 0 Å². The van der Waals surface area contributed by atoms with Gasteiger partial charge in [-0.05, 0) is 60.1 Å². The first-order valence-corrected chi connectivity index (χ1v) is 9.70. The summed E-state index contributed by atoms with van der Waals surface area (Å²) in [5, 5.41) is 3.52. The molecular weight excluding hydrogens is 354 g/mol. The lowest BCUT2D eigenvalue weighted by Gasteiger charge is -2.37. The molecule has 1 N–H and O–H groups in total. The molecule has 1 aliphatic rings. The van der Waals surface area contributed by atoms with Gasteiger partial charge < -0.3 is 19.5 Å². The maximum atomic E-state index is 12.6. The number of anilines is 1. The predicted molar refractivity (Wildman–Crippen MR) is 110 cm³/mol. The highest BCUT2D eigenvalue weighted by molar-refractivity contribution is 5.70. The van der Waals surface area contributed by atoms with E-state index in [1.807, 2.05) is 62.5 Å². The molecule has 7 nitrogen and oxygen atoms in total. The molecule has 3 heterocycles. The third kappa shape index (κ3) is 4.13. The Kier molecular flexibility index (Phi) is 5.12. The van der Waals surface area contributed by atoms with E-state index in [0.29, 0.717) is 6.54 Å². The maximum absolute atomic E-state index is 12.6. The van der Waals surface area contributed by atoms with E-state index >= 15 is 0 Å². The van der Waals surface area contributed by atoms with Crippen molar-refractivity contribution in [3.63, 3.8) is 0 Å². The molecule has 3 rings (SSSR count). The summed E-state index contributed by atoms with van der Waals surface area (Å²) >= 11 is 0. The van der Waals surface area contributed by atoms with Gasteiger partial charge in [-0.25, -0.2) is 14.8 Å². The summed E-state index contributed by atoms with van der Waals surface area (Å²) in [6.45, 7) is 12.4. The van der Waals surface area contributed by atoms with E-state index in [2.05, 4.69) is 24.1 Å². The molecule has 152 valence electrons. The maximum Gasteiger partial charge on any atom is 0.410 e. The second kappa shape index (κ2) is 7.11. The lowest BCUT2D eigenvalue weighted by molar-refractivity contribution is 0.0125. The first-order valence-electron chi connectivity index (χ1n) is 9.70. The first-order chi connectivity index (χ1) is 13.0. The molecule has 1 fully saturated rings. The van der Waals surface area contributed by atoms with Gasteiger partial charge >= 0.3 is 6.09 Å². The number of aromatic nitrogens is 3. The molecule has 0 unspecified atom stereocenters. The highest BCUT2D eigenvalue weighted by Crippen LogP contribution is 2.33. The van der Waals surface area contributed by atoms with Gasteiger partial charge in [0.05, 0.1) is 23.6 Å². The van der Waals surface area contributed by atoms with E-state index in [9.17, 15) is 4.79 Å². The fourth-order valence-corrected chi connectivity index (χ4v) is 3.62. The molecule has 1 atom stereocenters. The minimum absolute atomic E-state index is 0.0904. The Balaban J connectivity index is 1.73. The van der Waals surface area contributed by atoms with E-state index in [4.69, 9.17) is 9.72 Å². The molecule has 0 saturated carbocycles. The summed E-state index contributed by atoms with van der Waals surface area (Å²) in [6.07, 6.45) is 4.34. The zero-order valence-corrected chi connectivity index (χ0v) is 17.9. The number of ether oxygens (including phenoxy) is 1. The van der Waals surface area contributed by atoms with Gasteiger partial charge in [-0.15, -0.1) is 0 Å². The van der Waals surface area contributed by atoms with Crippen molar-refractivity contribution in [1.82, 2.24) is 19.4 Å². The molecule has 0 spiro atoms. The molecule has 1 aliphatic heterocycles. The zero-order valence-electron chi connectivity index (χ0n) is 17.9. The van der Waals surface area contributed by atoms with Crippen molar-refractivity contribution in [3.05, 3.63) is 30.4 Å². The van der Waals surface area contributed by atoms with Crippen molar-refractivity contribution in [2.24, 2.45) is 7.05 Å². The van der Waals surface area contributed by atoms with Crippen LogP contribution < -0.4 is 5.32 Å². The molecular formula is C21H31N5O2. The van der Waals surface area contributed by atoms with Gasteiger partial charge in [0.1, 0.15) is 11.4 Å². The molecule has 0 aromatic carbocycles. The monoisotopic (exact) mass is 385 g/mol. The number of carbonyl (C=O) groups is 1. The third-order valence-corrected chi connectivity index (χ3v) is 5.19. The lowest BCUT2D eigenvalue weighted by atomic mass is 9.96. The molecule has 28 heavy (non-hydrogen) atoms. The van der Waals surface area contributed by atoms with E-state index in [-0.39, 0.29) is 17.7 Å². The average molecular weight is 386 g/mol. The number of nitrogens with zero attached hydrogens (tertiary/aromatic N) is 4. The van der Waals surface area contributed by atoms with Crippen molar-refractivity contribution in [3.8, 4) is 11.3 Å². The quantitative estimate of drug-likeness (QED) is 0.865. The molecule has 7 heteroatoms. The summed E-state index contributed by atoms with van der Waals surface area (Å²) in [6, 6.07) is 4.11. The van der Waals surface area contributed by atoms with Crippen LogP contribution in [0.3, 0.4) is 0 Å². The van der Waals surface area contributed by atoms with Crippen LogP contribution in [0.15, 0.2) is 24.7 Å². The van der Waals surface area contributed by atoms with E-state index in [1.165, 1.54) is 0 Å². The highest BCUT2D eigenvalue weighted by Gasteiger charge is 2.45. The van der Waals surface area contributed by atoms with Crippen molar-refractivity contribution < 1.29 is 9.53 Å². The molecule has 0 radical (unpaired) electrons. The van der Waals surface area contributed by atoms with Gasteiger partial charge in [0.25, 0.3) is 0 Å². The topological polar surface area (TPSA) is 72.3 Å². The first kappa shape index (κ1) is 20.2. The van der Waals surface area contributed by atoms with Crippen molar-refractivity contribution in [2.45, 2.75) is 65.1 Å². The number of pyridine rings is 1. The van der Waals surface area contributed by atoms with Gasteiger partial charge in [-0.2, -0.15) is 0 Å². The smallest absolute Gasteiger partial charge is 0.410 e. The van der Waals surface area contributed by atoms with Crippen LogP contribution in [0.25, 0.3) is 11.3 Å². The summed E-state index contributed by atoms with van der Waals surface area (Å²) in [5.41, 5.74) is 1.98. The molecule has 2 aromatic rings. The Hall–Kier alpha value is -2.57. The van der Waals surface area contributed by atoms with Crippen LogP contribution in [0.5, 0.6) is 0 Å².